The lowest BCUT2D eigenvalue weighted by molar-refractivity contribution is 0.0972. The van der Waals surface area contributed by atoms with E-state index in [1.807, 2.05) is 0 Å². The Balaban J connectivity index is 1.89. The van der Waals surface area contributed by atoms with E-state index in [1.165, 1.54) is 24.2 Å². The number of thiophene rings is 1. The highest BCUT2D eigenvalue weighted by Crippen LogP contribution is 2.42. The average Bonchev–Trinajstić information content (AvgIpc) is 3.24. The summed E-state index contributed by atoms with van der Waals surface area (Å²) in [5, 5.41) is 3.87. The van der Waals surface area contributed by atoms with Crippen molar-refractivity contribution in [2.75, 3.05) is 17.6 Å². The second-order valence-corrected chi connectivity index (χ2v) is 6.40. The van der Waals surface area contributed by atoms with Crippen molar-refractivity contribution in [3.63, 3.8) is 0 Å². The summed E-state index contributed by atoms with van der Waals surface area (Å²) in [4.78, 5) is 24.1. The van der Waals surface area contributed by atoms with E-state index >= 15 is 0 Å². The predicted octanol–water partition coefficient (Wildman–Crippen LogP) is 1.84. The van der Waals surface area contributed by atoms with Gasteiger partial charge in [0.15, 0.2) is 5.78 Å². The van der Waals surface area contributed by atoms with Crippen molar-refractivity contribution in [2.24, 2.45) is 17.6 Å². The molecule has 5 N–H and O–H groups in total. The van der Waals surface area contributed by atoms with Crippen molar-refractivity contribution in [1.82, 2.24) is 0 Å². The lowest BCUT2D eigenvalue weighted by Crippen LogP contribution is -2.15. The average molecular weight is 279 g/mol. The van der Waals surface area contributed by atoms with Gasteiger partial charge in [-0.05, 0) is 31.6 Å². The molecule has 0 atom stereocenters. The van der Waals surface area contributed by atoms with Crippen LogP contribution in [0.5, 0.6) is 0 Å². The molecule has 2 fully saturated rings. The van der Waals surface area contributed by atoms with E-state index in [2.05, 4.69) is 5.32 Å². The molecule has 102 valence electrons. The second-order valence-electron chi connectivity index (χ2n) is 5.38. The largest absolute Gasteiger partial charge is 0.397 e. The molecule has 6 heteroatoms. The van der Waals surface area contributed by atoms with E-state index in [9.17, 15) is 9.59 Å². The number of hydrogen-bond acceptors (Lipinski definition) is 5. The minimum Gasteiger partial charge on any atom is -0.397 e. The van der Waals surface area contributed by atoms with Crippen LogP contribution in [0.15, 0.2) is 0 Å². The van der Waals surface area contributed by atoms with Crippen LogP contribution in [0.2, 0.25) is 0 Å². The summed E-state index contributed by atoms with van der Waals surface area (Å²) in [6, 6.07) is 0. The monoisotopic (exact) mass is 279 g/mol. The molecule has 0 unspecified atom stereocenters. The number of amides is 1. The molecule has 1 amide bonds. The summed E-state index contributed by atoms with van der Waals surface area (Å²) in [7, 11) is 0. The number of nitrogens with two attached hydrogens (primary N) is 2. The Hall–Kier alpha value is -1.56. The summed E-state index contributed by atoms with van der Waals surface area (Å²) >= 11 is 1.27. The number of anilines is 2. The molecule has 0 spiro atoms. The minimum absolute atomic E-state index is 0.0597. The van der Waals surface area contributed by atoms with Crippen LogP contribution in [0.25, 0.3) is 0 Å². The van der Waals surface area contributed by atoms with Crippen LogP contribution < -0.4 is 16.8 Å². The zero-order chi connectivity index (χ0) is 13.6. The van der Waals surface area contributed by atoms with Gasteiger partial charge in [0.25, 0.3) is 5.91 Å². The van der Waals surface area contributed by atoms with Gasteiger partial charge < -0.3 is 16.8 Å². The Morgan fingerprint density at radius 2 is 1.95 bits per heavy atom. The van der Waals surface area contributed by atoms with Crippen molar-refractivity contribution in [3.05, 3.63) is 10.4 Å². The fourth-order valence-corrected chi connectivity index (χ4v) is 3.24. The van der Waals surface area contributed by atoms with Crippen LogP contribution in [0, 0.1) is 11.8 Å². The van der Waals surface area contributed by atoms with E-state index in [0.29, 0.717) is 15.8 Å². The SMILES string of the molecule is NC(=O)c1c(NCC2CC2)sc(C(=O)C2CC2)c1N. The van der Waals surface area contributed by atoms with E-state index < -0.39 is 5.91 Å². The van der Waals surface area contributed by atoms with Gasteiger partial charge in [-0.1, -0.05) is 0 Å². The zero-order valence-electron chi connectivity index (χ0n) is 10.6. The molecule has 0 saturated heterocycles. The molecular weight excluding hydrogens is 262 g/mol. The number of primary amides is 1. The molecule has 2 aliphatic carbocycles. The van der Waals surface area contributed by atoms with Crippen molar-refractivity contribution in [2.45, 2.75) is 25.7 Å². The molecule has 0 radical (unpaired) electrons. The van der Waals surface area contributed by atoms with Gasteiger partial charge in [0.05, 0.1) is 16.1 Å². The maximum atomic E-state index is 12.1. The van der Waals surface area contributed by atoms with Crippen LogP contribution >= 0.6 is 11.3 Å². The van der Waals surface area contributed by atoms with Gasteiger partial charge in [-0.15, -0.1) is 11.3 Å². The van der Waals surface area contributed by atoms with Gasteiger partial charge in [0.2, 0.25) is 0 Å². The van der Waals surface area contributed by atoms with Crippen LogP contribution in [-0.4, -0.2) is 18.2 Å². The van der Waals surface area contributed by atoms with E-state index in [0.717, 1.165) is 19.4 Å². The topological polar surface area (TPSA) is 98.2 Å². The smallest absolute Gasteiger partial charge is 0.253 e. The molecule has 1 aromatic heterocycles. The number of hydrogen-bond donors (Lipinski definition) is 3. The molecule has 0 bridgehead atoms. The van der Waals surface area contributed by atoms with Gasteiger partial charge >= 0.3 is 0 Å². The van der Waals surface area contributed by atoms with Crippen molar-refractivity contribution in [3.8, 4) is 0 Å². The molecule has 2 aliphatic rings. The highest BCUT2D eigenvalue weighted by molar-refractivity contribution is 7.19. The third kappa shape index (κ3) is 2.45. The molecule has 5 nitrogen and oxygen atoms in total. The number of carbonyl (C=O) groups excluding carboxylic acids is 2. The molecular formula is C13H17N3O2S. The number of nitrogens with one attached hydrogen (secondary N) is 1. The molecule has 2 saturated carbocycles. The first-order valence-corrected chi connectivity index (χ1v) is 7.39. The highest BCUT2D eigenvalue weighted by Gasteiger charge is 2.35. The first kappa shape index (κ1) is 12.5. The lowest BCUT2D eigenvalue weighted by Gasteiger charge is -2.04. The predicted molar refractivity (Wildman–Crippen MR) is 75.5 cm³/mol. The van der Waals surface area contributed by atoms with E-state index in [-0.39, 0.29) is 23.0 Å². The van der Waals surface area contributed by atoms with E-state index in [1.54, 1.807) is 0 Å². The number of ketones is 1. The first-order chi connectivity index (χ1) is 9.08. The number of Topliss-reactive ketones (excluding diaryl/α,β-unsaturated/α-hetero) is 1. The van der Waals surface area contributed by atoms with Crippen LogP contribution in [0.1, 0.15) is 45.7 Å². The van der Waals surface area contributed by atoms with Crippen LogP contribution in [0.3, 0.4) is 0 Å². The fraction of sp³-hybridized carbons (Fsp3) is 0.538. The standard InChI is InChI=1S/C13H17N3O2S/c14-9-8(12(15)18)13(16-5-6-1-2-6)19-11(9)10(17)7-3-4-7/h6-7,16H,1-5,14H2,(H2,15,18). The number of nitrogen functional groups attached to an aromatic ring is 1. The van der Waals surface area contributed by atoms with Gasteiger partial charge in [0.1, 0.15) is 5.00 Å². The maximum Gasteiger partial charge on any atom is 0.253 e. The quantitative estimate of drug-likeness (QED) is 0.692. The second kappa shape index (κ2) is 4.52. The number of carbonyl (C=O) groups is 2. The molecule has 3 rings (SSSR count). The van der Waals surface area contributed by atoms with Crippen molar-refractivity contribution in [1.29, 1.82) is 0 Å². The highest BCUT2D eigenvalue weighted by atomic mass is 32.1. The van der Waals surface area contributed by atoms with Gasteiger partial charge in [-0.25, -0.2) is 0 Å². The minimum atomic E-state index is -0.568. The summed E-state index contributed by atoms with van der Waals surface area (Å²) in [5.41, 5.74) is 11.9. The Morgan fingerprint density at radius 3 is 2.47 bits per heavy atom. The molecule has 0 aromatic carbocycles. The maximum absolute atomic E-state index is 12.1. The Morgan fingerprint density at radius 1 is 1.26 bits per heavy atom. The number of rotatable bonds is 6. The Labute approximate surface area is 115 Å². The van der Waals surface area contributed by atoms with Crippen molar-refractivity contribution < 1.29 is 9.59 Å². The Bertz CT molecular complexity index is 544. The normalized spacial score (nSPS) is 18.3. The van der Waals surface area contributed by atoms with Gasteiger partial charge in [-0.3, -0.25) is 9.59 Å². The summed E-state index contributed by atoms with van der Waals surface area (Å²) in [5.74, 6) is 0.260. The molecule has 19 heavy (non-hydrogen) atoms. The van der Waals surface area contributed by atoms with Gasteiger partial charge in [0, 0.05) is 12.5 Å². The summed E-state index contributed by atoms with van der Waals surface area (Å²) in [6.07, 6.45) is 4.28. The van der Waals surface area contributed by atoms with E-state index in [4.69, 9.17) is 11.5 Å². The van der Waals surface area contributed by atoms with Crippen LogP contribution in [-0.2, 0) is 0 Å². The summed E-state index contributed by atoms with van der Waals surface area (Å²) < 4.78 is 0. The van der Waals surface area contributed by atoms with Crippen LogP contribution in [0.4, 0.5) is 10.7 Å². The molecule has 0 aliphatic heterocycles. The Kier molecular flexibility index (Phi) is 2.97. The molecule has 1 aromatic rings. The zero-order valence-corrected chi connectivity index (χ0v) is 11.4. The van der Waals surface area contributed by atoms with Gasteiger partial charge in [-0.2, -0.15) is 0 Å². The summed E-state index contributed by atoms with van der Waals surface area (Å²) in [6.45, 7) is 0.817. The third-order valence-electron chi connectivity index (χ3n) is 3.61. The molecule has 1 heterocycles. The fourth-order valence-electron chi connectivity index (χ4n) is 2.09. The first-order valence-electron chi connectivity index (χ1n) is 6.58. The lowest BCUT2D eigenvalue weighted by atomic mass is 10.1. The van der Waals surface area contributed by atoms with Crippen molar-refractivity contribution >= 4 is 33.7 Å². The third-order valence-corrected chi connectivity index (χ3v) is 4.79.